The Balaban J connectivity index is 2.00. The number of benzene rings is 1. The van der Waals surface area contributed by atoms with Gasteiger partial charge in [0.15, 0.2) is 0 Å². The predicted octanol–water partition coefficient (Wildman–Crippen LogP) is 2.24. The lowest BCUT2D eigenvalue weighted by Gasteiger charge is -2.13. The summed E-state index contributed by atoms with van der Waals surface area (Å²) >= 11 is 0. The summed E-state index contributed by atoms with van der Waals surface area (Å²) in [5.74, 6) is 1.06. The second-order valence-corrected chi connectivity index (χ2v) is 5.96. The number of aliphatic hydroxyl groups excluding tert-OH is 1. The zero-order valence-corrected chi connectivity index (χ0v) is 13.3. The van der Waals surface area contributed by atoms with E-state index in [1.54, 1.807) is 7.11 Å². The van der Waals surface area contributed by atoms with Crippen LogP contribution in [0.4, 0.5) is 0 Å². The number of aromatic amines is 1. The molecule has 0 radical (unpaired) electrons. The number of rotatable bonds is 7. The minimum atomic E-state index is -0.499. The monoisotopic (exact) mass is 304 g/mol. The third-order valence-electron chi connectivity index (χ3n) is 3.60. The van der Waals surface area contributed by atoms with Crippen molar-refractivity contribution in [3.63, 3.8) is 0 Å². The van der Waals surface area contributed by atoms with Gasteiger partial charge < -0.3 is 20.1 Å². The normalized spacial score (nSPS) is 12.6. The van der Waals surface area contributed by atoms with Gasteiger partial charge in [0.25, 0.3) is 0 Å². The SMILES string of the molecule is COc1cccc2[nH]cc(CC(=O)NCC(O)CC(C)C)c12. The van der Waals surface area contributed by atoms with Crippen LogP contribution >= 0.6 is 0 Å². The molecule has 5 heteroatoms. The Bertz CT molecular complexity index is 634. The molecule has 1 atom stereocenters. The molecule has 22 heavy (non-hydrogen) atoms. The first-order chi connectivity index (χ1) is 10.5. The van der Waals surface area contributed by atoms with Crippen LogP contribution in [0.15, 0.2) is 24.4 Å². The Kier molecular flexibility index (Phi) is 5.44. The molecule has 0 saturated heterocycles. The molecule has 0 fully saturated rings. The van der Waals surface area contributed by atoms with Gasteiger partial charge in [0, 0.05) is 23.6 Å². The Morgan fingerprint density at radius 1 is 1.41 bits per heavy atom. The summed E-state index contributed by atoms with van der Waals surface area (Å²) in [7, 11) is 1.62. The van der Waals surface area contributed by atoms with Crippen LogP contribution < -0.4 is 10.1 Å². The van der Waals surface area contributed by atoms with Crippen molar-refractivity contribution < 1.29 is 14.6 Å². The van der Waals surface area contributed by atoms with E-state index in [4.69, 9.17) is 4.74 Å². The molecule has 1 heterocycles. The summed E-state index contributed by atoms with van der Waals surface area (Å²) in [6, 6.07) is 5.74. The summed E-state index contributed by atoms with van der Waals surface area (Å²) < 4.78 is 5.36. The molecule has 5 nitrogen and oxygen atoms in total. The summed E-state index contributed by atoms with van der Waals surface area (Å²) in [6.07, 6.45) is 2.27. The first kappa shape index (κ1) is 16.4. The van der Waals surface area contributed by atoms with Gasteiger partial charge in [-0.25, -0.2) is 0 Å². The number of H-pyrrole nitrogens is 1. The topological polar surface area (TPSA) is 74.4 Å². The lowest BCUT2D eigenvalue weighted by atomic mass is 10.1. The fourth-order valence-electron chi connectivity index (χ4n) is 2.62. The molecule has 0 aliphatic rings. The third kappa shape index (κ3) is 4.01. The molecule has 0 aliphatic heterocycles. The number of carbonyl (C=O) groups is 1. The van der Waals surface area contributed by atoms with Crippen LogP contribution in [0, 0.1) is 5.92 Å². The Morgan fingerprint density at radius 2 is 2.18 bits per heavy atom. The lowest BCUT2D eigenvalue weighted by molar-refractivity contribution is -0.120. The van der Waals surface area contributed by atoms with Gasteiger partial charge in [-0.05, 0) is 30.0 Å². The molecule has 1 aromatic carbocycles. The third-order valence-corrected chi connectivity index (χ3v) is 3.60. The highest BCUT2D eigenvalue weighted by atomic mass is 16.5. The molecular formula is C17H24N2O3. The average molecular weight is 304 g/mol. The van der Waals surface area contributed by atoms with Crippen LogP contribution in [0.25, 0.3) is 10.9 Å². The van der Waals surface area contributed by atoms with Gasteiger partial charge in [-0.3, -0.25) is 4.79 Å². The molecule has 0 bridgehead atoms. The van der Waals surface area contributed by atoms with Crippen molar-refractivity contribution in [2.45, 2.75) is 32.8 Å². The van der Waals surface area contributed by atoms with E-state index >= 15 is 0 Å². The van der Waals surface area contributed by atoms with Crippen molar-refractivity contribution in [1.82, 2.24) is 10.3 Å². The molecule has 2 aromatic rings. The number of fused-ring (bicyclic) bond motifs is 1. The van der Waals surface area contributed by atoms with Gasteiger partial charge in [0.2, 0.25) is 5.91 Å². The first-order valence-electron chi connectivity index (χ1n) is 7.59. The van der Waals surface area contributed by atoms with Gasteiger partial charge in [0.05, 0.1) is 19.6 Å². The fourth-order valence-corrected chi connectivity index (χ4v) is 2.62. The van der Waals surface area contributed by atoms with E-state index in [0.29, 0.717) is 12.3 Å². The Hall–Kier alpha value is -2.01. The molecule has 0 spiro atoms. The molecular weight excluding hydrogens is 280 g/mol. The predicted molar refractivity (Wildman–Crippen MR) is 87.0 cm³/mol. The minimum Gasteiger partial charge on any atom is -0.496 e. The van der Waals surface area contributed by atoms with Gasteiger partial charge >= 0.3 is 0 Å². The van der Waals surface area contributed by atoms with E-state index in [2.05, 4.69) is 10.3 Å². The highest BCUT2D eigenvalue weighted by Gasteiger charge is 2.14. The van der Waals surface area contributed by atoms with E-state index in [0.717, 1.165) is 22.2 Å². The number of hydrogen-bond acceptors (Lipinski definition) is 3. The van der Waals surface area contributed by atoms with Crippen LogP contribution in [0.2, 0.25) is 0 Å². The van der Waals surface area contributed by atoms with E-state index in [-0.39, 0.29) is 18.9 Å². The number of amides is 1. The highest BCUT2D eigenvalue weighted by Crippen LogP contribution is 2.28. The van der Waals surface area contributed by atoms with Crippen molar-refractivity contribution in [1.29, 1.82) is 0 Å². The summed E-state index contributed by atoms with van der Waals surface area (Å²) in [4.78, 5) is 15.2. The van der Waals surface area contributed by atoms with E-state index in [1.165, 1.54) is 0 Å². The second-order valence-electron chi connectivity index (χ2n) is 5.96. The maximum atomic E-state index is 12.1. The van der Waals surface area contributed by atoms with Crippen LogP contribution in [0.5, 0.6) is 5.75 Å². The first-order valence-corrected chi connectivity index (χ1v) is 7.59. The average Bonchev–Trinajstić information content (AvgIpc) is 2.87. The van der Waals surface area contributed by atoms with Gasteiger partial charge in [-0.15, -0.1) is 0 Å². The smallest absolute Gasteiger partial charge is 0.224 e. The standard InChI is InChI=1S/C17H24N2O3/c1-11(2)7-13(20)10-19-16(21)8-12-9-18-14-5-4-6-15(22-3)17(12)14/h4-6,9,11,13,18,20H,7-8,10H2,1-3H3,(H,19,21). The molecule has 120 valence electrons. The number of methoxy groups -OCH3 is 1. The number of carbonyl (C=O) groups excluding carboxylic acids is 1. The van der Waals surface area contributed by atoms with Crippen LogP contribution in [-0.2, 0) is 11.2 Å². The summed E-state index contributed by atoms with van der Waals surface area (Å²) in [5.41, 5.74) is 1.84. The molecule has 1 aromatic heterocycles. The summed E-state index contributed by atoms with van der Waals surface area (Å²) in [6.45, 7) is 4.38. The Morgan fingerprint density at radius 3 is 2.86 bits per heavy atom. The summed E-state index contributed by atoms with van der Waals surface area (Å²) in [5, 5.41) is 13.5. The van der Waals surface area contributed by atoms with E-state index in [1.807, 2.05) is 38.2 Å². The van der Waals surface area contributed by atoms with Crippen molar-refractivity contribution in [3.8, 4) is 5.75 Å². The molecule has 0 aliphatic carbocycles. The molecule has 1 unspecified atom stereocenters. The van der Waals surface area contributed by atoms with E-state index < -0.39 is 6.10 Å². The van der Waals surface area contributed by atoms with Crippen LogP contribution in [-0.4, -0.2) is 35.8 Å². The van der Waals surface area contributed by atoms with Crippen LogP contribution in [0.3, 0.4) is 0 Å². The maximum Gasteiger partial charge on any atom is 0.224 e. The number of aliphatic hydroxyl groups is 1. The van der Waals surface area contributed by atoms with E-state index in [9.17, 15) is 9.90 Å². The van der Waals surface area contributed by atoms with Gasteiger partial charge in [0.1, 0.15) is 5.75 Å². The zero-order valence-electron chi connectivity index (χ0n) is 13.3. The number of hydrogen-bond donors (Lipinski definition) is 3. The minimum absolute atomic E-state index is 0.102. The molecule has 3 N–H and O–H groups in total. The fraction of sp³-hybridized carbons (Fsp3) is 0.471. The second kappa shape index (κ2) is 7.31. The Labute approximate surface area is 130 Å². The van der Waals surface area contributed by atoms with Gasteiger partial charge in [-0.1, -0.05) is 19.9 Å². The maximum absolute atomic E-state index is 12.1. The number of nitrogens with one attached hydrogen (secondary N) is 2. The van der Waals surface area contributed by atoms with Crippen molar-refractivity contribution in [2.24, 2.45) is 5.92 Å². The quantitative estimate of drug-likeness (QED) is 0.734. The number of aromatic nitrogens is 1. The highest BCUT2D eigenvalue weighted by molar-refractivity contribution is 5.93. The van der Waals surface area contributed by atoms with Crippen molar-refractivity contribution >= 4 is 16.8 Å². The van der Waals surface area contributed by atoms with Crippen LogP contribution in [0.1, 0.15) is 25.8 Å². The molecule has 1 amide bonds. The molecule has 2 rings (SSSR count). The largest absolute Gasteiger partial charge is 0.496 e. The van der Waals surface area contributed by atoms with Crippen molar-refractivity contribution in [2.75, 3.05) is 13.7 Å². The van der Waals surface area contributed by atoms with Crippen molar-refractivity contribution in [3.05, 3.63) is 30.0 Å². The lowest BCUT2D eigenvalue weighted by Crippen LogP contribution is -2.33. The van der Waals surface area contributed by atoms with Gasteiger partial charge in [-0.2, -0.15) is 0 Å². The number of ether oxygens (including phenoxy) is 1. The zero-order chi connectivity index (χ0) is 16.1. The molecule has 0 saturated carbocycles.